The van der Waals surface area contributed by atoms with Gasteiger partial charge in [0.25, 0.3) is 0 Å². The van der Waals surface area contributed by atoms with E-state index in [0.29, 0.717) is 5.38 Å². The number of ether oxygens (including phenoxy) is 2. The third-order valence-corrected chi connectivity index (χ3v) is 2.66. The molecule has 0 spiro atoms. The lowest BCUT2D eigenvalue weighted by Crippen LogP contribution is -2.23. The second-order valence-electron chi connectivity index (χ2n) is 3.50. The van der Waals surface area contributed by atoms with Gasteiger partial charge in [-0.05, 0) is 25.8 Å². The molecule has 0 saturated carbocycles. The molecular weight excluding hydrogens is 214 g/mol. The van der Waals surface area contributed by atoms with Crippen molar-refractivity contribution >= 4 is 11.6 Å². The fourth-order valence-electron chi connectivity index (χ4n) is 1.14. The summed E-state index contributed by atoms with van der Waals surface area (Å²) >= 11 is 5.98. The smallest absolute Gasteiger partial charge is 0.0590 e. The minimum absolute atomic E-state index is 0.306. The first-order chi connectivity index (χ1) is 7.31. The van der Waals surface area contributed by atoms with E-state index in [1.54, 1.807) is 7.11 Å². The average Bonchev–Trinajstić information content (AvgIpc) is 2.26. The molecule has 0 aliphatic carbocycles. The van der Waals surface area contributed by atoms with E-state index in [2.05, 4.69) is 12.2 Å². The fraction of sp³-hybridized carbons (Fsp3) is 1.00. The van der Waals surface area contributed by atoms with Gasteiger partial charge in [-0.3, -0.25) is 0 Å². The van der Waals surface area contributed by atoms with Gasteiger partial charge in [0.2, 0.25) is 0 Å². The Hall–Kier alpha value is 0.170. The first-order valence-electron chi connectivity index (χ1n) is 5.72. The Morgan fingerprint density at radius 2 is 2.00 bits per heavy atom. The first-order valence-corrected chi connectivity index (χ1v) is 6.16. The van der Waals surface area contributed by atoms with E-state index in [1.807, 2.05) is 0 Å². The number of nitrogens with one attached hydrogen (secondary N) is 1. The molecule has 0 aliphatic heterocycles. The number of hydrogen-bond acceptors (Lipinski definition) is 3. The third kappa shape index (κ3) is 12.1. The monoisotopic (exact) mass is 237 g/mol. The molecule has 0 aromatic heterocycles. The quantitative estimate of drug-likeness (QED) is 0.441. The van der Waals surface area contributed by atoms with Crippen molar-refractivity contribution in [3.05, 3.63) is 0 Å². The van der Waals surface area contributed by atoms with Crippen LogP contribution in [0.2, 0.25) is 0 Å². The Labute approximate surface area is 98.5 Å². The molecule has 0 aromatic rings. The molecule has 0 aliphatic rings. The van der Waals surface area contributed by atoms with Gasteiger partial charge in [-0.1, -0.05) is 6.92 Å². The van der Waals surface area contributed by atoms with Crippen molar-refractivity contribution in [3.8, 4) is 0 Å². The Kier molecular flexibility index (Phi) is 12.4. The highest BCUT2D eigenvalue weighted by Gasteiger charge is 1.99. The second kappa shape index (κ2) is 12.2. The zero-order chi connectivity index (χ0) is 11.4. The van der Waals surface area contributed by atoms with Gasteiger partial charge >= 0.3 is 0 Å². The maximum absolute atomic E-state index is 5.98. The van der Waals surface area contributed by atoms with Gasteiger partial charge in [0.15, 0.2) is 0 Å². The van der Waals surface area contributed by atoms with Crippen molar-refractivity contribution in [3.63, 3.8) is 0 Å². The summed E-state index contributed by atoms with van der Waals surface area (Å²) in [7, 11) is 1.71. The Morgan fingerprint density at radius 1 is 1.20 bits per heavy atom. The number of halogens is 1. The van der Waals surface area contributed by atoms with Crippen molar-refractivity contribution in [2.45, 2.75) is 31.6 Å². The minimum Gasteiger partial charge on any atom is -0.385 e. The highest BCUT2D eigenvalue weighted by Crippen LogP contribution is 2.04. The Balaban J connectivity index is 2.92. The summed E-state index contributed by atoms with van der Waals surface area (Å²) in [4.78, 5) is 0. The van der Waals surface area contributed by atoms with Crippen LogP contribution in [0.5, 0.6) is 0 Å². The maximum Gasteiger partial charge on any atom is 0.0590 e. The van der Waals surface area contributed by atoms with Crippen LogP contribution in [0.25, 0.3) is 0 Å². The van der Waals surface area contributed by atoms with Crippen LogP contribution in [0.1, 0.15) is 26.2 Å². The number of rotatable bonds is 11. The van der Waals surface area contributed by atoms with Crippen molar-refractivity contribution in [2.24, 2.45) is 0 Å². The van der Waals surface area contributed by atoms with Crippen LogP contribution >= 0.6 is 11.6 Å². The molecule has 3 nitrogen and oxygen atoms in total. The van der Waals surface area contributed by atoms with Crippen LogP contribution in [0.3, 0.4) is 0 Å². The molecular formula is C11H24ClNO2. The first kappa shape index (κ1) is 15.2. The largest absolute Gasteiger partial charge is 0.385 e. The normalized spacial score (nSPS) is 13.0. The van der Waals surface area contributed by atoms with Crippen LogP contribution in [0.15, 0.2) is 0 Å². The molecule has 0 aromatic carbocycles. The topological polar surface area (TPSA) is 30.5 Å². The fourth-order valence-corrected chi connectivity index (χ4v) is 1.25. The number of hydrogen-bond donors (Lipinski definition) is 1. The predicted octanol–water partition coefficient (Wildman–Crippen LogP) is 2.04. The number of alkyl halides is 1. The molecule has 4 heteroatoms. The summed E-state index contributed by atoms with van der Waals surface area (Å²) in [5.41, 5.74) is 0. The Bertz CT molecular complexity index is 125. The molecule has 0 saturated heterocycles. The maximum atomic E-state index is 5.98. The lowest BCUT2D eigenvalue weighted by molar-refractivity contribution is 0.104. The molecule has 1 unspecified atom stereocenters. The molecule has 0 fully saturated rings. The van der Waals surface area contributed by atoms with Crippen LogP contribution in [-0.4, -0.2) is 45.4 Å². The van der Waals surface area contributed by atoms with E-state index in [9.17, 15) is 0 Å². The highest BCUT2D eigenvalue weighted by molar-refractivity contribution is 6.20. The standard InChI is InChI=1S/C11H24ClNO2/c1-3-11(12)5-6-13-7-10-15-9-4-8-14-2/h11,13H,3-10H2,1-2H3. The SMILES string of the molecule is CCC(Cl)CCNCCOCCCOC. The zero-order valence-corrected chi connectivity index (χ0v) is 10.7. The van der Waals surface area contributed by atoms with Gasteiger partial charge in [-0.25, -0.2) is 0 Å². The van der Waals surface area contributed by atoms with Crippen molar-refractivity contribution in [2.75, 3.05) is 40.0 Å². The van der Waals surface area contributed by atoms with E-state index in [0.717, 1.165) is 52.2 Å². The summed E-state index contributed by atoms with van der Waals surface area (Å²) < 4.78 is 10.3. The van der Waals surface area contributed by atoms with Gasteiger partial charge < -0.3 is 14.8 Å². The summed E-state index contributed by atoms with van der Waals surface area (Å²) in [6, 6.07) is 0. The van der Waals surface area contributed by atoms with Gasteiger partial charge in [0.05, 0.1) is 6.61 Å². The van der Waals surface area contributed by atoms with Crippen molar-refractivity contribution in [1.82, 2.24) is 5.32 Å². The van der Waals surface area contributed by atoms with Gasteiger partial charge in [0, 0.05) is 32.2 Å². The molecule has 0 bridgehead atoms. The lowest BCUT2D eigenvalue weighted by Gasteiger charge is -2.08. The van der Waals surface area contributed by atoms with Crippen LogP contribution in [0.4, 0.5) is 0 Å². The summed E-state index contributed by atoms with van der Waals surface area (Å²) in [5.74, 6) is 0. The van der Waals surface area contributed by atoms with Crippen molar-refractivity contribution < 1.29 is 9.47 Å². The van der Waals surface area contributed by atoms with E-state index < -0.39 is 0 Å². The van der Waals surface area contributed by atoms with E-state index in [4.69, 9.17) is 21.1 Å². The van der Waals surface area contributed by atoms with Crippen LogP contribution in [-0.2, 0) is 9.47 Å². The summed E-state index contributed by atoms with van der Waals surface area (Å²) in [6.07, 6.45) is 3.04. The van der Waals surface area contributed by atoms with Crippen molar-refractivity contribution in [1.29, 1.82) is 0 Å². The minimum atomic E-state index is 0.306. The number of methoxy groups -OCH3 is 1. The van der Waals surface area contributed by atoms with Gasteiger partial charge in [-0.2, -0.15) is 0 Å². The van der Waals surface area contributed by atoms with Gasteiger partial charge in [-0.15, -0.1) is 11.6 Å². The molecule has 0 amide bonds. The molecule has 92 valence electrons. The average molecular weight is 238 g/mol. The van der Waals surface area contributed by atoms with Gasteiger partial charge in [0.1, 0.15) is 0 Å². The second-order valence-corrected chi connectivity index (χ2v) is 4.12. The van der Waals surface area contributed by atoms with E-state index in [1.165, 1.54) is 0 Å². The zero-order valence-electron chi connectivity index (χ0n) is 9.93. The molecule has 1 atom stereocenters. The van der Waals surface area contributed by atoms with Crippen LogP contribution < -0.4 is 5.32 Å². The molecule has 0 heterocycles. The van der Waals surface area contributed by atoms with E-state index in [-0.39, 0.29) is 0 Å². The Morgan fingerprint density at radius 3 is 2.67 bits per heavy atom. The molecule has 0 radical (unpaired) electrons. The molecule has 1 N–H and O–H groups in total. The lowest BCUT2D eigenvalue weighted by atomic mass is 10.2. The highest BCUT2D eigenvalue weighted by atomic mass is 35.5. The summed E-state index contributed by atoms with van der Waals surface area (Å²) in [6.45, 7) is 6.31. The molecule has 0 rings (SSSR count). The van der Waals surface area contributed by atoms with Crippen LogP contribution in [0, 0.1) is 0 Å². The third-order valence-electron chi connectivity index (χ3n) is 2.14. The summed E-state index contributed by atoms with van der Waals surface area (Å²) in [5, 5.41) is 3.61. The predicted molar refractivity (Wildman–Crippen MR) is 64.7 cm³/mol. The van der Waals surface area contributed by atoms with E-state index >= 15 is 0 Å². The molecule has 15 heavy (non-hydrogen) atoms.